The maximum absolute atomic E-state index is 5.94. The summed E-state index contributed by atoms with van der Waals surface area (Å²) in [7, 11) is 0. The smallest absolute Gasteiger partial charge is 0.0954 e. The van der Waals surface area contributed by atoms with Gasteiger partial charge in [-0.05, 0) is 26.3 Å². The molecule has 0 aliphatic carbocycles. The van der Waals surface area contributed by atoms with Crippen LogP contribution < -0.4 is 5.73 Å². The van der Waals surface area contributed by atoms with Crippen LogP contribution in [0.1, 0.15) is 42.8 Å². The predicted octanol–water partition coefficient (Wildman–Crippen LogP) is 2.82. The van der Waals surface area contributed by atoms with Gasteiger partial charge in [0.25, 0.3) is 0 Å². The van der Waals surface area contributed by atoms with E-state index in [2.05, 4.69) is 47.7 Å². The minimum Gasteiger partial charge on any atom is -0.326 e. The van der Waals surface area contributed by atoms with E-state index in [-0.39, 0.29) is 12.1 Å². The first-order valence-corrected chi connectivity index (χ1v) is 5.93. The molecule has 0 fully saturated rings. The summed E-state index contributed by atoms with van der Waals surface area (Å²) in [6.45, 7) is 6.24. The number of nitrogens with two attached hydrogens (primary N) is 1. The van der Waals surface area contributed by atoms with Gasteiger partial charge in [0, 0.05) is 12.2 Å². The Bertz CT molecular complexity index is 482. The molecule has 0 bridgehead atoms. The Morgan fingerprint density at radius 1 is 1.18 bits per heavy atom. The van der Waals surface area contributed by atoms with E-state index in [0.29, 0.717) is 0 Å². The molecule has 1 aromatic carbocycles. The highest BCUT2D eigenvalue weighted by Crippen LogP contribution is 2.22. The molecular weight excluding hydrogens is 210 g/mol. The highest BCUT2D eigenvalue weighted by atomic mass is 15.1. The summed E-state index contributed by atoms with van der Waals surface area (Å²) in [6, 6.07) is 8.85. The summed E-state index contributed by atoms with van der Waals surface area (Å²) >= 11 is 0. The number of imidazole rings is 1. The van der Waals surface area contributed by atoms with Crippen molar-refractivity contribution in [3.8, 4) is 0 Å². The van der Waals surface area contributed by atoms with Gasteiger partial charge >= 0.3 is 0 Å². The van der Waals surface area contributed by atoms with E-state index in [1.165, 1.54) is 11.1 Å². The first-order valence-electron chi connectivity index (χ1n) is 5.93. The zero-order chi connectivity index (χ0) is 12.4. The van der Waals surface area contributed by atoms with Gasteiger partial charge < -0.3 is 10.3 Å². The van der Waals surface area contributed by atoms with Crippen LogP contribution in [0, 0.1) is 6.92 Å². The molecule has 3 heteroatoms. The molecule has 1 heterocycles. The molecule has 0 saturated heterocycles. The van der Waals surface area contributed by atoms with Crippen LogP contribution >= 0.6 is 0 Å². The largest absolute Gasteiger partial charge is 0.326 e. The van der Waals surface area contributed by atoms with Crippen molar-refractivity contribution in [2.24, 2.45) is 5.73 Å². The molecule has 17 heavy (non-hydrogen) atoms. The molecule has 2 N–H and O–H groups in total. The number of aryl methyl sites for hydroxylation is 1. The van der Waals surface area contributed by atoms with Gasteiger partial charge in [-0.15, -0.1) is 0 Å². The molecule has 1 aromatic heterocycles. The van der Waals surface area contributed by atoms with E-state index >= 15 is 0 Å². The van der Waals surface area contributed by atoms with Crippen LogP contribution in [-0.4, -0.2) is 9.55 Å². The number of hydrogen-bond acceptors (Lipinski definition) is 2. The molecule has 2 unspecified atom stereocenters. The summed E-state index contributed by atoms with van der Waals surface area (Å²) in [4.78, 5) is 4.19. The third-order valence-electron chi connectivity index (χ3n) is 3.14. The second-order valence-electron chi connectivity index (χ2n) is 4.60. The molecule has 90 valence electrons. The van der Waals surface area contributed by atoms with E-state index in [9.17, 15) is 0 Å². The molecule has 0 spiro atoms. The Morgan fingerprint density at radius 2 is 1.82 bits per heavy atom. The fourth-order valence-corrected chi connectivity index (χ4v) is 2.00. The average molecular weight is 229 g/mol. The number of rotatable bonds is 3. The minimum atomic E-state index is 0.00500. The molecule has 2 rings (SSSR count). The number of nitrogens with zero attached hydrogens (tertiary/aromatic N) is 2. The van der Waals surface area contributed by atoms with Crippen molar-refractivity contribution in [2.75, 3.05) is 0 Å². The molecule has 0 aliphatic heterocycles. The van der Waals surface area contributed by atoms with Crippen LogP contribution in [0.25, 0.3) is 0 Å². The van der Waals surface area contributed by atoms with Crippen molar-refractivity contribution in [1.29, 1.82) is 0 Å². The second-order valence-corrected chi connectivity index (χ2v) is 4.60. The lowest BCUT2D eigenvalue weighted by molar-refractivity contribution is 0.582. The fourth-order valence-electron chi connectivity index (χ4n) is 2.00. The van der Waals surface area contributed by atoms with E-state index in [1.54, 1.807) is 0 Å². The SMILES string of the molecule is Cc1ccc(C(C)n2cncc2C(C)N)cc1. The fraction of sp³-hybridized carbons (Fsp3) is 0.357. The quantitative estimate of drug-likeness (QED) is 0.879. The molecule has 2 atom stereocenters. The Morgan fingerprint density at radius 3 is 2.41 bits per heavy atom. The lowest BCUT2D eigenvalue weighted by Gasteiger charge is -2.18. The maximum atomic E-state index is 5.94. The topological polar surface area (TPSA) is 43.8 Å². The van der Waals surface area contributed by atoms with Gasteiger partial charge in [0.05, 0.1) is 18.1 Å². The molecule has 0 saturated carbocycles. The van der Waals surface area contributed by atoms with Gasteiger partial charge in [0.15, 0.2) is 0 Å². The summed E-state index contributed by atoms with van der Waals surface area (Å²) in [5, 5.41) is 0. The number of hydrogen-bond donors (Lipinski definition) is 1. The monoisotopic (exact) mass is 229 g/mol. The molecule has 0 aliphatic rings. The van der Waals surface area contributed by atoms with Gasteiger partial charge in [0.2, 0.25) is 0 Å². The Kier molecular flexibility index (Phi) is 3.29. The van der Waals surface area contributed by atoms with Crippen molar-refractivity contribution in [1.82, 2.24) is 9.55 Å². The van der Waals surface area contributed by atoms with Crippen LogP contribution in [0.3, 0.4) is 0 Å². The standard InChI is InChI=1S/C14H19N3/c1-10-4-6-13(7-5-10)12(3)17-9-16-8-14(17)11(2)15/h4-9,11-12H,15H2,1-3H3. The van der Waals surface area contributed by atoms with E-state index < -0.39 is 0 Å². The van der Waals surface area contributed by atoms with Crippen LogP contribution in [0.2, 0.25) is 0 Å². The highest BCUT2D eigenvalue weighted by Gasteiger charge is 2.13. The lowest BCUT2D eigenvalue weighted by atomic mass is 10.1. The average Bonchev–Trinajstić information content (AvgIpc) is 2.78. The van der Waals surface area contributed by atoms with Gasteiger partial charge in [-0.25, -0.2) is 4.98 Å². The van der Waals surface area contributed by atoms with Crippen molar-refractivity contribution in [2.45, 2.75) is 32.9 Å². The van der Waals surface area contributed by atoms with Gasteiger partial charge in [-0.2, -0.15) is 0 Å². The molecule has 2 aromatic rings. The highest BCUT2D eigenvalue weighted by molar-refractivity contribution is 5.25. The normalized spacial score (nSPS) is 14.6. The number of aromatic nitrogens is 2. The lowest BCUT2D eigenvalue weighted by Crippen LogP contribution is -2.15. The van der Waals surface area contributed by atoms with Crippen molar-refractivity contribution in [3.05, 3.63) is 53.6 Å². The van der Waals surface area contributed by atoms with Crippen LogP contribution in [0.4, 0.5) is 0 Å². The zero-order valence-corrected chi connectivity index (χ0v) is 10.6. The van der Waals surface area contributed by atoms with E-state index in [0.717, 1.165) is 5.69 Å². The van der Waals surface area contributed by atoms with Gasteiger partial charge in [-0.1, -0.05) is 29.8 Å². The zero-order valence-electron chi connectivity index (χ0n) is 10.6. The van der Waals surface area contributed by atoms with Crippen molar-refractivity contribution < 1.29 is 0 Å². The van der Waals surface area contributed by atoms with Gasteiger partial charge in [0.1, 0.15) is 0 Å². The third kappa shape index (κ3) is 2.39. The first kappa shape index (κ1) is 11.9. The second kappa shape index (κ2) is 4.72. The Balaban J connectivity index is 2.33. The van der Waals surface area contributed by atoms with Crippen LogP contribution in [0.15, 0.2) is 36.8 Å². The maximum Gasteiger partial charge on any atom is 0.0954 e. The predicted molar refractivity (Wildman–Crippen MR) is 69.8 cm³/mol. The summed E-state index contributed by atoms with van der Waals surface area (Å²) in [6.07, 6.45) is 3.69. The third-order valence-corrected chi connectivity index (χ3v) is 3.14. The summed E-state index contributed by atoms with van der Waals surface area (Å²) in [5.41, 5.74) is 9.56. The van der Waals surface area contributed by atoms with E-state index in [4.69, 9.17) is 5.73 Å². The molecule has 0 radical (unpaired) electrons. The minimum absolute atomic E-state index is 0.00500. The first-order chi connectivity index (χ1) is 8.09. The Hall–Kier alpha value is -1.61. The van der Waals surface area contributed by atoms with E-state index in [1.807, 2.05) is 19.4 Å². The number of benzene rings is 1. The molecular formula is C14H19N3. The van der Waals surface area contributed by atoms with Crippen LogP contribution in [-0.2, 0) is 0 Å². The summed E-state index contributed by atoms with van der Waals surface area (Å²) < 4.78 is 2.13. The van der Waals surface area contributed by atoms with Crippen LogP contribution in [0.5, 0.6) is 0 Å². The Labute approximate surface area is 102 Å². The van der Waals surface area contributed by atoms with Crippen molar-refractivity contribution >= 4 is 0 Å². The van der Waals surface area contributed by atoms with Gasteiger partial charge in [-0.3, -0.25) is 0 Å². The molecule has 3 nitrogen and oxygen atoms in total. The van der Waals surface area contributed by atoms with Crippen molar-refractivity contribution in [3.63, 3.8) is 0 Å². The summed E-state index contributed by atoms with van der Waals surface area (Å²) in [5.74, 6) is 0. The molecule has 0 amide bonds.